The van der Waals surface area contributed by atoms with Gasteiger partial charge in [-0.1, -0.05) is 42.5 Å². The molecule has 0 saturated carbocycles. The van der Waals surface area contributed by atoms with Crippen LogP contribution in [-0.4, -0.2) is 37.3 Å². The third-order valence-corrected chi connectivity index (χ3v) is 4.58. The molecule has 138 valence electrons. The lowest BCUT2D eigenvalue weighted by Gasteiger charge is -2.26. The zero-order chi connectivity index (χ0) is 18.4. The van der Waals surface area contributed by atoms with Gasteiger partial charge >= 0.3 is 6.09 Å². The van der Waals surface area contributed by atoms with Crippen molar-refractivity contribution in [3.8, 4) is 0 Å². The van der Waals surface area contributed by atoms with E-state index in [1.807, 2.05) is 44.2 Å². The second kappa shape index (κ2) is 8.83. The van der Waals surface area contributed by atoms with Gasteiger partial charge in [-0.3, -0.25) is 10.2 Å². The number of para-hydroxylation sites is 1. The fraction of sp³-hybridized carbons (Fsp3) is 0.381. The number of nitrogens with zero attached hydrogens (tertiary/aromatic N) is 1. The lowest BCUT2D eigenvalue weighted by Crippen LogP contribution is -2.35. The van der Waals surface area contributed by atoms with Gasteiger partial charge in [-0.15, -0.1) is 0 Å². The molecule has 1 aliphatic heterocycles. The van der Waals surface area contributed by atoms with Crippen molar-refractivity contribution in [3.05, 3.63) is 64.7 Å². The van der Waals surface area contributed by atoms with E-state index in [0.29, 0.717) is 0 Å². The molecular weight excluding hydrogens is 328 g/mol. The Morgan fingerprint density at radius 1 is 1.08 bits per heavy atom. The number of hydrogen-bond donors (Lipinski definition) is 1. The molecule has 1 fully saturated rings. The number of morpholine rings is 1. The van der Waals surface area contributed by atoms with Crippen molar-refractivity contribution in [2.45, 2.75) is 27.0 Å². The van der Waals surface area contributed by atoms with Gasteiger partial charge < -0.3 is 9.47 Å². The van der Waals surface area contributed by atoms with Crippen LogP contribution in [0.15, 0.2) is 42.5 Å². The number of ether oxygens (including phenoxy) is 2. The van der Waals surface area contributed by atoms with Crippen molar-refractivity contribution < 1.29 is 14.3 Å². The first kappa shape index (κ1) is 18.4. The summed E-state index contributed by atoms with van der Waals surface area (Å²) in [6.45, 7) is 8.59. The molecule has 0 spiro atoms. The van der Waals surface area contributed by atoms with Crippen LogP contribution in [0, 0.1) is 13.8 Å². The molecule has 1 aliphatic rings. The summed E-state index contributed by atoms with van der Waals surface area (Å²) in [4.78, 5) is 14.5. The highest BCUT2D eigenvalue weighted by molar-refractivity contribution is 5.86. The van der Waals surface area contributed by atoms with Gasteiger partial charge in [0.2, 0.25) is 0 Å². The number of carbonyl (C=O) groups excluding carboxylic acids is 1. The topological polar surface area (TPSA) is 50.8 Å². The largest absolute Gasteiger partial charge is 0.444 e. The summed E-state index contributed by atoms with van der Waals surface area (Å²) < 4.78 is 10.8. The number of anilines is 1. The van der Waals surface area contributed by atoms with Crippen molar-refractivity contribution >= 4 is 11.8 Å². The molecule has 0 unspecified atom stereocenters. The lowest BCUT2D eigenvalue weighted by atomic mass is 10.1. The Bertz CT molecular complexity index is 734. The van der Waals surface area contributed by atoms with E-state index in [9.17, 15) is 4.79 Å². The van der Waals surface area contributed by atoms with Gasteiger partial charge in [0.25, 0.3) is 0 Å². The van der Waals surface area contributed by atoms with Crippen LogP contribution in [0.25, 0.3) is 0 Å². The molecule has 1 saturated heterocycles. The SMILES string of the molecule is Cc1cccc(C)c1NC(=O)OCc1cccc(CN2CCOCC2)c1. The Morgan fingerprint density at radius 3 is 2.46 bits per heavy atom. The van der Waals surface area contributed by atoms with Gasteiger partial charge in [-0.25, -0.2) is 4.79 Å². The average Bonchev–Trinajstić information content (AvgIpc) is 2.64. The van der Waals surface area contributed by atoms with E-state index in [1.54, 1.807) is 0 Å². The fourth-order valence-electron chi connectivity index (χ4n) is 3.13. The number of benzene rings is 2. The quantitative estimate of drug-likeness (QED) is 0.885. The Hall–Kier alpha value is -2.37. The minimum Gasteiger partial charge on any atom is -0.444 e. The zero-order valence-corrected chi connectivity index (χ0v) is 15.5. The molecule has 5 heteroatoms. The Kier molecular flexibility index (Phi) is 6.26. The van der Waals surface area contributed by atoms with Crippen molar-refractivity contribution in [1.29, 1.82) is 0 Å². The van der Waals surface area contributed by atoms with Crippen LogP contribution in [0.2, 0.25) is 0 Å². The molecule has 1 heterocycles. The number of carbonyl (C=O) groups is 1. The molecule has 0 radical (unpaired) electrons. The van der Waals surface area contributed by atoms with E-state index < -0.39 is 6.09 Å². The minimum absolute atomic E-state index is 0.258. The maximum atomic E-state index is 12.1. The van der Waals surface area contributed by atoms with E-state index in [2.05, 4.69) is 22.3 Å². The lowest BCUT2D eigenvalue weighted by molar-refractivity contribution is 0.0341. The average molecular weight is 354 g/mol. The highest BCUT2D eigenvalue weighted by Gasteiger charge is 2.12. The van der Waals surface area contributed by atoms with Gasteiger partial charge in [0.15, 0.2) is 0 Å². The highest BCUT2D eigenvalue weighted by Crippen LogP contribution is 2.19. The number of nitrogens with one attached hydrogen (secondary N) is 1. The van der Waals surface area contributed by atoms with E-state index in [1.165, 1.54) is 5.56 Å². The van der Waals surface area contributed by atoms with Crippen LogP contribution in [0.3, 0.4) is 0 Å². The molecule has 2 aromatic carbocycles. The van der Waals surface area contributed by atoms with Crippen molar-refractivity contribution in [1.82, 2.24) is 4.90 Å². The minimum atomic E-state index is -0.430. The number of aryl methyl sites for hydroxylation is 2. The first-order valence-electron chi connectivity index (χ1n) is 9.00. The Morgan fingerprint density at radius 2 is 1.73 bits per heavy atom. The van der Waals surface area contributed by atoms with E-state index in [0.717, 1.165) is 55.2 Å². The van der Waals surface area contributed by atoms with Crippen LogP contribution < -0.4 is 5.32 Å². The van der Waals surface area contributed by atoms with Crippen LogP contribution in [0.1, 0.15) is 22.3 Å². The maximum Gasteiger partial charge on any atom is 0.411 e. The summed E-state index contributed by atoms with van der Waals surface area (Å²) in [5, 5.41) is 2.85. The van der Waals surface area contributed by atoms with Gasteiger partial charge in [0, 0.05) is 25.3 Å². The van der Waals surface area contributed by atoms with E-state index in [-0.39, 0.29) is 6.61 Å². The summed E-state index contributed by atoms with van der Waals surface area (Å²) in [6, 6.07) is 14.1. The number of hydrogen-bond acceptors (Lipinski definition) is 4. The first-order valence-corrected chi connectivity index (χ1v) is 9.00. The second-order valence-electron chi connectivity index (χ2n) is 6.68. The summed E-state index contributed by atoms with van der Waals surface area (Å²) in [7, 11) is 0. The second-order valence-corrected chi connectivity index (χ2v) is 6.68. The van der Waals surface area contributed by atoms with Crippen molar-refractivity contribution in [2.75, 3.05) is 31.6 Å². The monoisotopic (exact) mass is 354 g/mol. The molecule has 3 rings (SSSR count). The predicted octanol–water partition coefficient (Wildman–Crippen LogP) is 3.88. The number of rotatable bonds is 5. The van der Waals surface area contributed by atoms with Gasteiger partial charge in [-0.05, 0) is 36.1 Å². The van der Waals surface area contributed by atoms with Gasteiger partial charge in [0.1, 0.15) is 6.61 Å². The predicted molar refractivity (Wildman–Crippen MR) is 102 cm³/mol. The maximum absolute atomic E-state index is 12.1. The summed E-state index contributed by atoms with van der Waals surface area (Å²) >= 11 is 0. The zero-order valence-electron chi connectivity index (χ0n) is 15.5. The van der Waals surface area contributed by atoms with Crippen LogP contribution in [0.5, 0.6) is 0 Å². The summed E-state index contributed by atoms with van der Waals surface area (Å²) in [5.74, 6) is 0. The molecule has 5 nitrogen and oxygen atoms in total. The Balaban J connectivity index is 1.54. The molecule has 0 bridgehead atoms. The summed E-state index contributed by atoms with van der Waals surface area (Å²) in [6.07, 6.45) is -0.430. The molecule has 0 aliphatic carbocycles. The number of amides is 1. The van der Waals surface area contributed by atoms with Crippen LogP contribution in [-0.2, 0) is 22.6 Å². The molecule has 2 aromatic rings. The van der Waals surface area contributed by atoms with Gasteiger partial charge in [0.05, 0.1) is 13.2 Å². The molecule has 0 atom stereocenters. The third kappa shape index (κ3) is 5.07. The fourth-order valence-corrected chi connectivity index (χ4v) is 3.13. The third-order valence-electron chi connectivity index (χ3n) is 4.58. The van der Waals surface area contributed by atoms with Crippen molar-refractivity contribution in [2.24, 2.45) is 0 Å². The highest BCUT2D eigenvalue weighted by atomic mass is 16.5. The molecule has 26 heavy (non-hydrogen) atoms. The standard InChI is InChI=1S/C21H26N2O3/c1-16-5-3-6-17(2)20(16)22-21(24)26-15-19-8-4-7-18(13-19)14-23-9-11-25-12-10-23/h3-8,13H,9-12,14-15H2,1-2H3,(H,22,24). The van der Waals surface area contributed by atoms with E-state index in [4.69, 9.17) is 9.47 Å². The molecule has 1 N–H and O–H groups in total. The van der Waals surface area contributed by atoms with Crippen LogP contribution in [0.4, 0.5) is 10.5 Å². The van der Waals surface area contributed by atoms with E-state index >= 15 is 0 Å². The molecule has 0 aromatic heterocycles. The van der Waals surface area contributed by atoms with Gasteiger partial charge in [-0.2, -0.15) is 0 Å². The normalized spacial score (nSPS) is 14.8. The summed E-state index contributed by atoms with van der Waals surface area (Å²) in [5.41, 5.74) is 5.08. The smallest absolute Gasteiger partial charge is 0.411 e. The molecule has 1 amide bonds. The Labute approximate surface area is 154 Å². The first-order chi connectivity index (χ1) is 12.6. The van der Waals surface area contributed by atoms with Crippen LogP contribution >= 0.6 is 0 Å². The molecular formula is C21H26N2O3. The van der Waals surface area contributed by atoms with Crippen molar-refractivity contribution in [3.63, 3.8) is 0 Å².